The summed E-state index contributed by atoms with van der Waals surface area (Å²) in [4.78, 5) is 28.7. The molecule has 0 bridgehead atoms. The Morgan fingerprint density at radius 1 is 0.842 bits per heavy atom. The Kier molecular flexibility index (Phi) is 9.86. The number of nitrogens with one attached hydrogen (secondary N) is 1. The van der Waals surface area contributed by atoms with Gasteiger partial charge in [-0.1, -0.05) is 54.6 Å². The fraction of sp³-hybridized carbons (Fsp3) is 0.286. The van der Waals surface area contributed by atoms with Crippen molar-refractivity contribution < 1.29 is 27.5 Å². The second kappa shape index (κ2) is 13.1. The minimum atomic E-state index is -3.62. The highest BCUT2D eigenvalue weighted by molar-refractivity contribution is 7.88. The first-order chi connectivity index (χ1) is 18.1. The maximum absolute atomic E-state index is 13.7. The van der Waals surface area contributed by atoms with Gasteiger partial charge in [-0.05, 0) is 41.0 Å². The number of carbonyl (C=O) groups excluding carboxylic acids is 2. The van der Waals surface area contributed by atoms with Gasteiger partial charge in [-0.3, -0.25) is 9.59 Å². The molecule has 38 heavy (non-hydrogen) atoms. The minimum absolute atomic E-state index is 0.0793. The minimum Gasteiger partial charge on any atom is -0.497 e. The van der Waals surface area contributed by atoms with E-state index in [1.54, 1.807) is 74.9 Å². The van der Waals surface area contributed by atoms with Crippen molar-refractivity contribution >= 4 is 21.8 Å². The zero-order chi connectivity index (χ0) is 27.7. The summed E-state index contributed by atoms with van der Waals surface area (Å²) in [7, 11) is 0.856. The summed E-state index contributed by atoms with van der Waals surface area (Å²) in [6.07, 6.45) is 1.03. The third-order valence-electron chi connectivity index (χ3n) is 6.06. The van der Waals surface area contributed by atoms with Gasteiger partial charge in [-0.15, -0.1) is 0 Å². The van der Waals surface area contributed by atoms with Crippen LogP contribution in [0.15, 0.2) is 78.9 Å². The van der Waals surface area contributed by atoms with Gasteiger partial charge in [-0.2, -0.15) is 4.31 Å². The van der Waals surface area contributed by atoms with Crippen LogP contribution >= 0.6 is 0 Å². The van der Waals surface area contributed by atoms with Crippen molar-refractivity contribution in [2.45, 2.75) is 19.1 Å². The summed E-state index contributed by atoms with van der Waals surface area (Å²) in [5.74, 6) is 0.451. The molecule has 0 aromatic heterocycles. The first-order valence-corrected chi connectivity index (χ1v) is 13.8. The van der Waals surface area contributed by atoms with Crippen LogP contribution in [0.4, 0.5) is 0 Å². The van der Waals surface area contributed by atoms with Gasteiger partial charge in [-0.25, -0.2) is 8.42 Å². The second-order valence-electron chi connectivity index (χ2n) is 8.77. The van der Waals surface area contributed by atoms with E-state index in [2.05, 4.69) is 5.32 Å². The zero-order valence-electron chi connectivity index (χ0n) is 22.0. The highest BCUT2D eigenvalue weighted by Crippen LogP contribution is 2.25. The van der Waals surface area contributed by atoms with Crippen LogP contribution in [0.2, 0.25) is 0 Å². The van der Waals surface area contributed by atoms with Crippen LogP contribution in [0, 0.1) is 0 Å². The Morgan fingerprint density at radius 3 is 1.87 bits per heavy atom. The maximum Gasteiger partial charge on any atom is 0.247 e. The SMILES string of the molecule is COc1ccc(CNC(=O)C(c2ccccc2)N(Cc2ccc(OC)cc2)C(=O)CN(C)S(C)(=O)=O)cc1. The summed E-state index contributed by atoms with van der Waals surface area (Å²) >= 11 is 0. The van der Waals surface area contributed by atoms with Crippen molar-refractivity contribution in [3.8, 4) is 11.5 Å². The fourth-order valence-electron chi connectivity index (χ4n) is 3.79. The molecule has 0 heterocycles. The molecule has 3 aromatic carbocycles. The lowest BCUT2D eigenvalue weighted by atomic mass is 10.0. The lowest BCUT2D eigenvalue weighted by Gasteiger charge is -2.32. The van der Waals surface area contributed by atoms with E-state index in [4.69, 9.17) is 9.47 Å². The van der Waals surface area contributed by atoms with E-state index in [1.165, 1.54) is 11.9 Å². The van der Waals surface area contributed by atoms with Crippen LogP contribution < -0.4 is 14.8 Å². The molecular weight excluding hydrogens is 506 g/mol. The Balaban J connectivity index is 1.95. The largest absolute Gasteiger partial charge is 0.497 e. The van der Waals surface area contributed by atoms with E-state index in [-0.39, 0.29) is 13.1 Å². The van der Waals surface area contributed by atoms with E-state index >= 15 is 0 Å². The zero-order valence-corrected chi connectivity index (χ0v) is 22.8. The molecule has 1 unspecified atom stereocenters. The standard InChI is InChI=1S/C28H33N3O6S/c1-30(38(4,34)35)20-26(32)31(19-22-12-16-25(37-3)17-13-22)27(23-8-6-5-7-9-23)28(33)29-18-21-10-14-24(36-2)15-11-21/h5-17,27H,18-20H2,1-4H3,(H,29,33). The Labute approximate surface area is 224 Å². The van der Waals surface area contributed by atoms with Crippen molar-refractivity contribution in [1.82, 2.24) is 14.5 Å². The number of benzene rings is 3. The van der Waals surface area contributed by atoms with Crippen LogP contribution in [0.3, 0.4) is 0 Å². The van der Waals surface area contributed by atoms with Gasteiger partial charge in [0.1, 0.15) is 17.5 Å². The molecule has 10 heteroatoms. The van der Waals surface area contributed by atoms with Crippen molar-refractivity contribution in [3.05, 3.63) is 95.6 Å². The number of nitrogens with zero attached hydrogens (tertiary/aromatic N) is 2. The number of amides is 2. The number of carbonyl (C=O) groups is 2. The number of ether oxygens (including phenoxy) is 2. The molecule has 0 spiro atoms. The van der Waals surface area contributed by atoms with Gasteiger partial charge in [0.25, 0.3) is 0 Å². The van der Waals surface area contributed by atoms with Gasteiger partial charge < -0.3 is 19.7 Å². The van der Waals surface area contributed by atoms with Crippen LogP contribution in [0.5, 0.6) is 11.5 Å². The normalized spacial score (nSPS) is 12.0. The average molecular weight is 540 g/mol. The van der Waals surface area contributed by atoms with E-state index in [0.717, 1.165) is 21.7 Å². The van der Waals surface area contributed by atoms with Gasteiger partial charge in [0.05, 0.1) is 27.0 Å². The quantitative estimate of drug-likeness (QED) is 0.380. The molecule has 202 valence electrons. The third-order valence-corrected chi connectivity index (χ3v) is 7.32. The lowest BCUT2D eigenvalue weighted by Crippen LogP contribution is -2.47. The number of rotatable bonds is 12. The molecule has 0 fully saturated rings. The number of methoxy groups -OCH3 is 2. The molecule has 9 nitrogen and oxygen atoms in total. The molecular formula is C28H33N3O6S. The Hall–Kier alpha value is -3.89. The predicted molar refractivity (Wildman–Crippen MR) is 145 cm³/mol. The molecule has 1 atom stereocenters. The van der Waals surface area contributed by atoms with E-state index < -0.39 is 34.4 Å². The smallest absolute Gasteiger partial charge is 0.247 e. The van der Waals surface area contributed by atoms with E-state index in [1.807, 2.05) is 18.2 Å². The van der Waals surface area contributed by atoms with Crippen molar-refractivity contribution in [3.63, 3.8) is 0 Å². The number of hydrogen-bond donors (Lipinski definition) is 1. The highest BCUT2D eigenvalue weighted by Gasteiger charge is 2.32. The third kappa shape index (κ3) is 7.80. The first kappa shape index (κ1) is 28.7. The van der Waals surface area contributed by atoms with Crippen LogP contribution in [-0.2, 0) is 32.7 Å². The van der Waals surface area contributed by atoms with Gasteiger partial charge in [0, 0.05) is 20.1 Å². The van der Waals surface area contributed by atoms with Gasteiger partial charge >= 0.3 is 0 Å². The topological polar surface area (TPSA) is 105 Å². The molecule has 0 saturated heterocycles. The summed E-state index contributed by atoms with van der Waals surface area (Å²) in [5.41, 5.74) is 2.21. The molecule has 0 aliphatic rings. The van der Waals surface area contributed by atoms with Crippen molar-refractivity contribution in [2.75, 3.05) is 34.1 Å². The fourth-order valence-corrected chi connectivity index (χ4v) is 4.13. The number of sulfonamides is 1. The molecule has 0 saturated carbocycles. The average Bonchev–Trinajstić information content (AvgIpc) is 2.92. The van der Waals surface area contributed by atoms with Crippen molar-refractivity contribution in [2.24, 2.45) is 0 Å². The van der Waals surface area contributed by atoms with Gasteiger partial charge in [0.15, 0.2) is 0 Å². The Bertz CT molecular complexity index is 1310. The molecule has 0 aliphatic heterocycles. The number of likely N-dealkylation sites (N-methyl/N-ethyl adjacent to an activating group) is 1. The predicted octanol–water partition coefficient (Wildman–Crippen LogP) is 2.98. The molecule has 2 amide bonds. The van der Waals surface area contributed by atoms with Crippen LogP contribution in [-0.4, -0.2) is 63.5 Å². The second-order valence-corrected chi connectivity index (χ2v) is 10.9. The molecule has 0 radical (unpaired) electrons. The van der Waals surface area contributed by atoms with Gasteiger partial charge in [0.2, 0.25) is 21.8 Å². The van der Waals surface area contributed by atoms with Crippen LogP contribution in [0.1, 0.15) is 22.7 Å². The Morgan fingerprint density at radius 2 is 1.37 bits per heavy atom. The summed E-state index contributed by atoms with van der Waals surface area (Å²) in [6.45, 7) is -0.0972. The van der Waals surface area contributed by atoms with Crippen molar-refractivity contribution in [1.29, 1.82) is 0 Å². The lowest BCUT2D eigenvalue weighted by molar-refractivity contribution is -0.141. The molecule has 3 rings (SSSR count). The molecule has 1 N–H and O–H groups in total. The van der Waals surface area contributed by atoms with E-state index in [0.29, 0.717) is 17.1 Å². The number of hydrogen-bond acceptors (Lipinski definition) is 6. The summed E-state index contributed by atoms with van der Waals surface area (Å²) < 4.78 is 35.5. The molecule has 3 aromatic rings. The first-order valence-electron chi connectivity index (χ1n) is 11.9. The highest BCUT2D eigenvalue weighted by atomic mass is 32.2. The van der Waals surface area contributed by atoms with E-state index in [9.17, 15) is 18.0 Å². The summed E-state index contributed by atoms with van der Waals surface area (Å²) in [6, 6.07) is 22.4. The summed E-state index contributed by atoms with van der Waals surface area (Å²) in [5, 5.41) is 2.93. The maximum atomic E-state index is 13.7. The molecule has 0 aliphatic carbocycles. The monoisotopic (exact) mass is 539 g/mol. The van der Waals surface area contributed by atoms with Crippen LogP contribution in [0.25, 0.3) is 0 Å².